The summed E-state index contributed by atoms with van der Waals surface area (Å²) >= 11 is 0. The molecule has 2 aliphatic heterocycles. The predicted octanol–water partition coefficient (Wildman–Crippen LogP) is 3.18. The summed E-state index contributed by atoms with van der Waals surface area (Å²) in [6.07, 6.45) is 2.25. The minimum Gasteiger partial charge on any atom is -0.367 e. The van der Waals surface area contributed by atoms with Gasteiger partial charge in [0.25, 0.3) is 0 Å². The molecule has 2 heterocycles. The summed E-state index contributed by atoms with van der Waals surface area (Å²) in [6, 6.07) is 16.4. The average molecular weight is 392 g/mol. The van der Waals surface area contributed by atoms with E-state index in [1.165, 1.54) is 6.07 Å². The van der Waals surface area contributed by atoms with Crippen LogP contribution in [0, 0.1) is 17.1 Å². The molecule has 0 saturated carbocycles. The Hall–Kier alpha value is -2.91. The van der Waals surface area contributed by atoms with Crippen LogP contribution in [-0.4, -0.2) is 55.0 Å². The molecule has 1 amide bonds. The van der Waals surface area contributed by atoms with E-state index in [4.69, 9.17) is 0 Å². The second-order valence-corrected chi connectivity index (χ2v) is 7.61. The van der Waals surface area contributed by atoms with E-state index in [9.17, 15) is 14.4 Å². The number of nitrogens with zero attached hydrogens (tertiary/aromatic N) is 4. The van der Waals surface area contributed by atoms with E-state index < -0.39 is 5.82 Å². The van der Waals surface area contributed by atoms with Gasteiger partial charge < -0.3 is 9.80 Å². The first-order valence-corrected chi connectivity index (χ1v) is 10.2. The monoisotopic (exact) mass is 392 g/mol. The van der Waals surface area contributed by atoms with Crippen molar-refractivity contribution in [1.82, 2.24) is 9.80 Å². The summed E-state index contributed by atoms with van der Waals surface area (Å²) < 4.78 is 14.0. The molecule has 6 heteroatoms. The third-order valence-electron chi connectivity index (χ3n) is 5.89. The van der Waals surface area contributed by atoms with Gasteiger partial charge in [0.05, 0.1) is 5.69 Å². The molecule has 2 aromatic rings. The lowest BCUT2D eigenvalue weighted by Crippen LogP contribution is -2.52. The summed E-state index contributed by atoms with van der Waals surface area (Å²) in [5, 5.41) is 9.30. The molecule has 0 N–H and O–H groups in total. The smallest absolute Gasteiger partial charge is 0.244 e. The van der Waals surface area contributed by atoms with Crippen molar-refractivity contribution in [3.05, 3.63) is 65.5 Å². The first-order chi connectivity index (χ1) is 14.2. The highest BCUT2D eigenvalue weighted by Gasteiger charge is 2.34. The van der Waals surface area contributed by atoms with Gasteiger partial charge in [-0.05, 0) is 43.6 Å². The Labute approximate surface area is 170 Å². The van der Waals surface area contributed by atoms with Gasteiger partial charge in [0, 0.05) is 26.2 Å². The minimum absolute atomic E-state index is 0.0755. The lowest BCUT2D eigenvalue weighted by atomic mass is 10.0. The Morgan fingerprint density at radius 3 is 2.28 bits per heavy atom. The second kappa shape index (κ2) is 8.62. The van der Waals surface area contributed by atoms with Crippen molar-refractivity contribution in [3.63, 3.8) is 0 Å². The van der Waals surface area contributed by atoms with Gasteiger partial charge >= 0.3 is 0 Å². The number of likely N-dealkylation sites (tertiary alicyclic amines) is 1. The van der Waals surface area contributed by atoms with Gasteiger partial charge in [-0.2, -0.15) is 5.26 Å². The van der Waals surface area contributed by atoms with Gasteiger partial charge in [-0.1, -0.05) is 36.4 Å². The number of hydrogen-bond donors (Lipinski definition) is 0. The maximum Gasteiger partial charge on any atom is 0.244 e. The van der Waals surface area contributed by atoms with E-state index in [-0.39, 0.29) is 17.5 Å². The van der Waals surface area contributed by atoms with Gasteiger partial charge in [-0.25, -0.2) is 4.39 Å². The van der Waals surface area contributed by atoms with Crippen molar-refractivity contribution in [2.75, 3.05) is 44.2 Å². The summed E-state index contributed by atoms with van der Waals surface area (Å²) in [7, 11) is 0. The zero-order valence-electron chi connectivity index (χ0n) is 16.4. The Morgan fingerprint density at radius 1 is 0.931 bits per heavy atom. The fourth-order valence-electron chi connectivity index (χ4n) is 4.37. The Morgan fingerprint density at radius 2 is 1.62 bits per heavy atom. The zero-order valence-corrected chi connectivity index (χ0v) is 16.4. The highest BCUT2D eigenvalue weighted by Crippen LogP contribution is 2.29. The fourth-order valence-corrected chi connectivity index (χ4v) is 4.37. The molecule has 29 heavy (non-hydrogen) atoms. The minimum atomic E-state index is -0.498. The molecule has 1 atom stereocenters. The van der Waals surface area contributed by atoms with Crippen molar-refractivity contribution in [2.45, 2.75) is 18.9 Å². The van der Waals surface area contributed by atoms with Crippen molar-refractivity contribution in [1.29, 1.82) is 5.26 Å². The van der Waals surface area contributed by atoms with Crippen LogP contribution in [0.4, 0.5) is 10.1 Å². The highest BCUT2D eigenvalue weighted by atomic mass is 19.1. The van der Waals surface area contributed by atoms with Crippen molar-refractivity contribution in [3.8, 4) is 6.07 Å². The van der Waals surface area contributed by atoms with Crippen LogP contribution in [0.15, 0.2) is 48.5 Å². The zero-order chi connectivity index (χ0) is 20.2. The van der Waals surface area contributed by atoms with Gasteiger partial charge in [-0.3, -0.25) is 9.69 Å². The molecular weight excluding hydrogens is 367 g/mol. The Kier molecular flexibility index (Phi) is 5.77. The van der Waals surface area contributed by atoms with Crippen LogP contribution in [0.1, 0.15) is 30.0 Å². The van der Waals surface area contributed by atoms with Crippen molar-refractivity contribution < 1.29 is 9.18 Å². The lowest BCUT2D eigenvalue weighted by Gasteiger charge is -2.39. The number of rotatable bonds is 4. The van der Waals surface area contributed by atoms with Crippen LogP contribution < -0.4 is 4.90 Å². The molecule has 0 aromatic heterocycles. The van der Waals surface area contributed by atoms with Gasteiger partial charge in [0.15, 0.2) is 0 Å². The van der Waals surface area contributed by atoms with Crippen molar-refractivity contribution >= 4 is 11.6 Å². The van der Waals surface area contributed by atoms with Gasteiger partial charge in [0.1, 0.15) is 23.5 Å². The first kappa shape index (κ1) is 19.4. The summed E-state index contributed by atoms with van der Waals surface area (Å²) in [5.74, 6) is -0.362. The van der Waals surface area contributed by atoms with Crippen LogP contribution in [0.5, 0.6) is 0 Å². The number of hydrogen-bond acceptors (Lipinski definition) is 4. The van der Waals surface area contributed by atoms with Crippen LogP contribution in [-0.2, 0) is 4.79 Å². The number of anilines is 1. The molecule has 1 unspecified atom stereocenters. The molecule has 2 saturated heterocycles. The molecule has 0 bridgehead atoms. The molecule has 150 valence electrons. The SMILES string of the molecule is N#Cc1c(F)cccc1N1CCN(C(=O)C(c2ccccc2)N2CCCC2)CC1. The third-order valence-corrected chi connectivity index (χ3v) is 5.89. The second-order valence-electron chi connectivity index (χ2n) is 7.61. The molecule has 4 rings (SSSR count). The van der Waals surface area contributed by atoms with E-state index in [0.717, 1.165) is 31.5 Å². The molecule has 2 aromatic carbocycles. The number of nitriles is 1. The predicted molar refractivity (Wildman–Crippen MR) is 110 cm³/mol. The normalized spacial score (nSPS) is 18.5. The number of amides is 1. The molecule has 2 fully saturated rings. The summed E-state index contributed by atoms with van der Waals surface area (Å²) in [5.41, 5.74) is 1.73. The molecule has 0 aliphatic carbocycles. The van der Waals surface area contributed by atoms with Crippen LogP contribution in [0.3, 0.4) is 0 Å². The van der Waals surface area contributed by atoms with Gasteiger partial charge in [0.2, 0.25) is 5.91 Å². The number of piperazine rings is 1. The molecule has 5 nitrogen and oxygen atoms in total. The van der Waals surface area contributed by atoms with Crippen LogP contribution in [0.25, 0.3) is 0 Å². The largest absolute Gasteiger partial charge is 0.367 e. The van der Waals surface area contributed by atoms with E-state index in [1.54, 1.807) is 12.1 Å². The first-order valence-electron chi connectivity index (χ1n) is 10.2. The van der Waals surface area contributed by atoms with Crippen molar-refractivity contribution in [2.24, 2.45) is 0 Å². The maximum atomic E-state index is 14.0. The Balaban J connectivity index is 1.49. The highest BCUT2D eigenvalue weighted by molar-refractivity contribution is 5.83. The number of carbonyl (C=O) groups is 1. The fraction of sp³-hybridized carbons (Fsp3) is 0.391. The molecular formula is C23H25FN4O. The lowest BCUT2D eigenvalue weighted by molar-refractivity contribution is -0.137. The Bertz CT molecular complexity index is 897. The van der Waals surface area contributed by atoms with Crippen LogP contribution >= 0.6 is 0 Å². The third kappa shape index (κ3) is 3.96. The summed E-state index contributed by atoms with van der Waals surface area (Å²) in [4.78, 5) is 19.7. The average Bonchev–Trinajstić information content (AvgIpc) is 3.29. The number of carbonyl (C=O) groups excluding carboxylic acids is 1. The molecule has 0 radical (unpaired) electrons. The van der Waals surface area contributed by atoms with E-state index >= 15 is 0 Å². The maximum absolute atomic E-state index is 14.0. The molecule has 0 spiro atoms. The number of halogens is 1. The van der Waals surface area contributed by atoms with E-state index in [2.05, 4.69) is 4.90 Å². The number of benzene rings is 2. The molecule has 2 aliphatic rings. The van der Waals surface area contributed by atoms with E-state index in [1.807, 2.05) is 46.2 Å². The van der Waals surface area contributed by atoms with Crippen LogP contribution in [0.2, 0.25) is 0 Å². The summed E-state index contributed by atoms with van der Waals surface area (Å²) in [6.45, 7) is 4.20. The standard InChI is InChI=1S/C23H25FN4O/c24-20-9-6-10-21(19(20)17-25)26-13-15-28(16-14-26)23(29)22(27-11-4-5-12-27)18-7-2-1-3-8-18/h1-3,6-10,22H,4-5,11-16H2. The van der Waals surface area contributed by atoms with Gasteiger partial charge in [-0.15, -0.1) is 0 Å². The van der Waals surface area contributed by atoms with E-state index in [0.29, 0.717) is 31.9 Å². The topological polar surface area (TPSA) is 50.6 Å². The quantitative estimate of drug-likeness (QED) is 0.802.